The van der Waals surface area contributed by atoms with Crippen molar-refractivity contribution < 1.29 is 22.7 Å². The summed E-state index contributed by atoms with van der Waals surface area (Å²) in [6.45, 7) is 8.43. The minimum Gasteiger partial charge on any atom is -0.444 e. The summed E-state index contributed by atoms with van der Waals surface area (Å²) in [4.78, 5) is 29.0. The maximum atomic E-state index is 16.4. The average Bonchev–Trinajstić information content (AvgIpc) is 3.73. The van der Waals surface area contributed by atoms with Crippen LogP contribution in [0.1, 0.15) is 68.2 Å². The molecule has 7 rings (SSSR count). The molecule has 2 aliphatic rings. The lowest BCUT2D eigenvalue weighted by atomic mass is 9.98. The van der Waals surface area contributed by atoms with E-state index < -0.39 is 41.5 Å². The first-order valence-corrected chi connectivity index (χ1v) is 14.7. The normalized spacial score (nSPS) is 19.4. The Balaban J connectivity index is 1.46. The maximum absolute atomic E-state index is 16.4. The summed E-state index contributed by atoms with van der Waals surface area (Å²) in [5.41, 5.74) is 0.652. The lowest BCUT2D eigenvalue weighted by Gasteiger charge is -2.37. The number of nitrogens with zero attached hydrogens (tertiary/aromatic N) is 7. The zero-order chi connectivity index (χ0) is 32.1. The standard InChI is InChI=1S/C32H32F3N7O3/c1-16-13-18(14-17(2)25(16)33)42-29(24-21-8-10-23(27(35)28(24)37-42)41(21)31(44)45-32(3,4)5)40-12-11-39(30(40)43)22-9-7-20-19(26(22)34)15-36-38(20)6/h7,9,11-15,21,23,27H,8,10H2,1-6H3. The first kappa shape index (κ1) is 28.9. The molecule has 1 saturated heterocycles. The van der Waals surface area contributed by atoms with Gasteiger partial charge in [0.15, 0.2) is 12.0 Å². The van der Waals surface area contributed by atoms with Gasteiger partial charge in [-0.15, -0.1) is 0 Å². The van der Waals surface area contributed by atoms with Crippen molar-refractivity contribution in [3.8, 4) is 17.2 Å². The van der Waals surface area contributed by atoms with E-state index in [0.717, 1.165) is 4.57 Å². The third-order valence-corrected chi connectivity index (χ3v) is 8.67. The fourth-order valence-electron chi connectivity index (χ4n) is 6.68. The highest BCUT2D eigenvalue weighted by Gasteiger charge is 2.53. The molecule has 2 aliphatic heterocycles. The van der Waals surface area contributed by atoms with Crippen LogP contribution in [-0.2, 0) is 11.8 Å². The number of benzene rings is 2. The molecule has 45 heavy (non-hydrogen) atoms. The number of alkyl halides is 1. The molecule has 2 bridgehead atoms. The summed E-state index contributed by atoms with van der Waals surface area (Å²) >= 11 is 0. The van der Waals surface area contributed by atoms with E-state index in [4.69, 9.17) is 4.74 Å². The Bertz CT molecular complexity index is 2060. The lowest BCUT2D eigenvalue weighted by molar-refractivity contribution is 0.00106. The molecule has 0 saturated carbocycles. The smallest absolute Gasteiger partial charge is 0.411 e. The van der Waals surface area contributed by atoms with E-state index >= 15 is 8.78 Å². The molecule has 10 nitrogen and oxygen atoms in total. The van der Waals surface area contributed by atoms with Gasteiger partial charge in [-0.05, 0) is 82.9 Å². The van der Waals surface area contributed by atoms with Crippen molar-refractivity contribution in [2.45, 2.75) is 71.3 Å². The van der Waals surface area contributed by atoms with Gasteiger partial charge in [-0.1, -0.05) is 0 Å². The molecule has 5 aromatic rings. The Kier molecular flexibility index (Phi) is 6.33. The van der Waals surface area contributed by atoms with E-state index in [-0.39, 0.29) is 28.4 Å². The van der Waals surface area contributed by atoms with Crippen molar-refractivity contribution in [2.75, 3.05) is 0 Å². The molecule has 0 N–H and O–H groups in total. The van der Waals surface area contributed by atoms with Crippen LogP contribution in [0, 0.1) is 25.5 Å². The molecule has 0 aliphatic carbocycles. The van der Waals surface area contributed by atoms with Crippen LogP contribution in [0.2, 0.25) is 0 Å². The SMILES string of the molecule is Cc1cc(-n2nc3c(c2-n2ccn(-c4ccc5c(cnn5C)c4F)c2=O)C2CCC(C3F)N2C(=O)OC(C)(C)C)cc(C)c1F. The van der Waals surface area contributed by atoms with Crippen molar-refractivity contribution in [1.29, 1.82) is 0 Å². The molecule has 1 fully saturated rings. The molecular weight excluding hydrogens is 587 g/mol. The molecule has 1 amide bonds. The van der Waals surface area contributed by atoms with Gasteiger partial charge in [0.2, 0.25) is 0 Å². The van der Waals surface area contributed by atoms with Crippen LogP contribution >= 0.6 is 0 Å². The summed E-state index contributed by atoms with van der Waals surface area (Å²) < 4.78 is 57.8. The minimum atomic E-state index is -1.67. The summed E-state index contributed by atoms with van der Waals surface area (Å²) in [7, 11) is 1.69. The molecule has 3 atom stereocenters. The van der Waals surface area contributed by atoms with Crippen molar-refractivity contribution in [2.24, 2.45) is 7.05 Å². The topological polar surface area (TPSA) is 92.1 Å². The third-order valence-electron chi connectivity index (χ3n) is 8.67. The van der Waals surface area contributed by atoms with Gasteiger partial charge in [-0.2, -0.15) is 10.2 Å². The number of imidazole rings is 1. The molecule has 13 heteroatoms. The third kappa shape index (κ3) is 4.31. The molecular formula is C32H32F3N7O3. The van der Waals surface area contributed by atoms with E-state index in [9.17, 15) is 14.0 Å². The largest absolute Gasteiger partial charge is 0.444 e. The van der Waals surface area contributed by atoms with Crippen molar-refractivity contribution in [3.63, 3.8) is 0 Å². The van der Waals surface area contributed by atoms with Crippen LogP contribution in [0.5, 0.6) is 0 Å². The molecule has 3 aromatic heterocycles. The van der Waals surface area contributed by atoms with E-state index in [1.54, 1.807) is 59.9 Å². The number of aryl methyl sites for hydroxylation is 3. The van der Waals surface area contributed by atoms with Crippen molar-refractivity contribution in [1.82, 2.24) is 33.6 Å². The number of halogens is 3. The fourth-order valence-corrected chi connectivity index (χ4v) is 6.68. The van der Waals surface area contributed by atoms with Crippen molar-refractivity contribution in [3.05, 3.63) is 87.4 Å². The summed E-state index contributed by atoms with van der Waals surface area (Å²) in [6.07, 6.45) is 2.74. The van der Waals surface area contributed by atoms with Crippen LogP contribution in [0.4, 0.5) is 18.0 Å². The lowest BCUT2D eigenvalue weighted by Crippen LogP contribution is -2.45. The highest BCUT2D eigenvalue weighted by atomic mass is 19.1. The Morgan fingerprint density at radius 1 is 1.02 bits per heavy atom. The Morgan fingerprint density at radius 3 is 2.40 bits per heavy atom. The van der Waals surface area contributed by atoms with E-state index in [2.05, 4.69) is 10.2 Å². The van der Waals surface area contributed by atoms with Gasteiger partial charge in [-0.3, -0.25) is 18.7 Å². The molecule has 2 aromatic carbocycles. The monoisotopic (exact) mass is 619 g/mol. The Morgan fingerprint density at radius 2 is 1.71 bits per heavy atom. The average molecular weight is 620 g/mol. The van der Waals surface area contributed by atoms with Crippen molar-refractivity contribution >= 4 is 17.0 Å². The number of ether oxygens (including phenoxy) is 1. The quantitative estimate of drug-likeness (QED) is 0.245. The second kappa shape index (κ2) is 9.85. The predicted octanol–water partition coefficient (Wildman–Crippen LogP) is 6.06. The zero-order valence-corrected chi connectivity index (χ0v) is 25.7. The van der Waals surface area contributed by atoms with Crippen LogP contribution in [-0.4, -0.2) is 51.3 Å². The van der Waals surface area contributed by atoms with Gasteiger partial charge < -0.3 is 4.74 Å². The fraction of sp³-hybridized carbons (Fsp3) is 0.375. The molecule has 234 valence electrons. The number of amides is 1. The van der Waals surface area contributed by atoms with Crippen LogP contribution in [0.15, 0.2) is 47.7 Å². The molecule has 0 radical (unpaired) electrons. The van der Waals surface area contributed by atoms with E-state index in [1.165, 1.54) is 43.5 Å². The predicted molar refractivity (Wildman–Crippen MR) is 160 cm³/mol. The number of hydrogen-bond donors (Lipinski definition) is 0. The van der Waals surface area contributed by atoms with Gasteiger partial charge in [0.05, 0.1) is 40.6 Å². The molecule has 3 unspecified atom stereocenters. The van der Waals surface area contributed by atoms with Gasteiger partial charge >= 0.3 is 11.8 Å². The van der Waals surface area contributed by atoms with E-state index in [0.29, 0.717) is 40.7 Å². The van der Waals surface area contributed by atoms with Crippen LogP contribution in [0.3, 0.4) is 0 Å². The van der Waals surface area contributed by atoms with Crippen LogP contribution in [0.25, 0.3) is 28.1 Å². The zero-order valence-electron chi connectivity index (χ0n) is 25.7. The van der Waals surface area contributed by atoms with Gasteiger partial charge in [0, 0.05) is 25.0 Å². The number of rotatable bonds is 3. The molecule has 0 spiro atoms. The summed E-state index contributed by atoms with van der Waals surface area (Å²) in [5, 5.41) is 9.03. The highest BCUT2D eigenvalue weighted by molar-refractivity contribution is 5.81. The first-order chi connectivity index (χ1) is 21.3. The molecule has 5 heterocycles. The minimum absolute atomic E-state index is 0.00679. The summed E-state index contributed by atoms with van der Waals surface area (Å²) in [6, 6.07) is 4.86. The van der Waals surface area contributed by atoms with Gasteiger partial charge in [0.1, 0.15) is 22.9 Å². The Labute approximate surface area is 256 Å². The maximum Gasteiger partial charge on any atom is 0.411 e. The first-order valence-electron chi connectivity index (χ1n) is 14.7. The second-order valence-electron chi connectivity index (χ2n) is 12.8. The number of hydrogen-bond acceptors (Lipinski definition) is 5. The highest BCUT2D eigenvalue weighted by Crippen LogP contribution is 2.52. The van der Waals surface area contributed by atoms with Gasteiger partial charge in [-0.25, -0.2) is 27.4 Å². The Hall–Kier alpha value is -4.81. The van der Waals surface area contributed by atoms with Gasteiger partial charge in [0.25, 0.3) is 0 Å². The van der Waals surface area contributed by atoms with Crippen LogP contribution < -0.4 is 5.69 Å². The number of aromatic nitrogens is 6. The summed E-state index contributed by atoms with van der Waals surface area (Å²) in [5.74, 6) is -0.830. The number of carbonyl (C=O) groups is 1. The van der Waals surface area contributed by atoms with E-state index in [1.807, 2.05) is 0 Å². The number of fused-ring (bicyclic) bond motifs is 5. The second-order valence-corrected chi connectivity index (χ2v) is 12.8. The number of carbonyl (C=O) groups excluding carboxylic acids is 1.